The van der Waals surface area contributed by atoms with Gasteiger partial charge in [-0.25, -0.2) is 0 Å². The second-order valence-corrected chi connectivity index (χ2v) is 5.89. The van der Waals surface area contributed by atoms with E-state index in [4.69, 9.17) is 11.6 Å². The zero-order valence-corrected chi connectivity index (χ0v) is 13.6. The van der Waals surface area contributed by atoms with Gasteiger partial charge in [0.05, 0.1) is 12.1 Å². The molecule has 0 atom stereocenters. The second-order valence-electron chi connectivity index (χ2n) is 5.45. The Kier molecular flexibility index (Phi) is 3.70. The van der Waals surface area contributed by atoms with Gasteiger partial charge in [0.2, 0.25) is 5.43 Å². The number of nitrogens with zero attached hydrogens (tertiary/aromatic N) is 3. The summed E-state index contributed by atoms with van der Waals surface area (Å²) in [6.45, 7) is 0.155. The molecule has 1 aromatic carbocycles. The quantitative estimate of drug-likeness (QED) is 0.590. The van der Waals surface area contributed by atoms with Crippen LogP contribution in [0.3, 0.4) is 0 Å². The first-order valence-electron chi connectivity index (χ1n) is 7.51. The number of halogens is 1. The van der Waals surface area contributed by atoms with Crippen molar-refractivity contribution in [3.8, 4) is 0 Å². The molecule has 0 spiro atoms. The van der Waals surface area contributed by atoms with Crippen molar-refractivity contribution in [3.63, 3.8) is 0 Å². The molecule has 0 fully saturated rings. The summed E-state index contributed by atoms with van der Waals surface area (Å²) in [7, 11) is 0. The first-order valence-corrected chi connectivity index (χ1v) is 7.89. The number of H-pyrrole nitrogens is 1. The molecule has 124 valence electrons. The highest BCUT2D eigenvalue weighted by molar-refractivity contribution is 6.31. The number of rotatable bonds is 3. The van der Waals surface area contributed by atoms with Crippen molar-refractivity contribution in [2.75, 3.05) is 0 Å². The summed E-state index contributed by atoms with van der Waals surface area (Å²) in [5.41, 5.74) is 0.947. The van der Waals surface area contributed by atoms with Gasteiger partial charge in [-0.05, 0) is 30.3 Å². The van der Waals surface area contributed by atoms with Crippen molar-refractivity contribution in [2.45, 2.75) is 6.54 Å². The standard InChI is InChI=1S/C17H12ClN5O2/c18-10-4-5-11-13(7-10)19-8-12(16(11)24)17(25)20-9-15-22-21-14-3-1-2-6-23(14)15/h1-8H,9H2,(H,19,24)(H,20,25). The van der Waals surface area contributed by atoms with E-state index in [9.17, 15) is 9.59 Å². The molecule has 3 heterocycles. The molecule has 7 nitrogen and oxygen atoms in total. The first kappa shape index (κ1) is 15.3. The summed E-state index contributed by atoms with van der Waals surface area (Å²) in [5, 5.41) is 11.7. The average Bonchev–Trinajstić information content (AvgIpc) is 3.03. The highest BCUT2D eigenvalue weighted by atomic mass is 35.5. The van der Waals surface area contributed by atoms with E-state index in [1.807, 2.05) is 24.4 Å². The third-order valence-electron chi connectivity index (χ3n) is 3.88. The smallest absolute Gasteiger partial charge is 0.257 e. The molecule has 25 heavy (non-hydrogen) atoms. The molecule has 1 amide bonds. The Bertz CT molecular complexity index is 1160. The zero-order valence-electron chi connectivity index (χ0n) is 12.9. The minimum absolute atomic E-state index is 0.0312. The summed E-state index contributed by atoms with van der Waals surface area (Å²) >= 11 is 5.91. The van der Waals surface area contributed by atoms with Crippen LogP contribution in [0.25, 0.3) is 16.6 Å². The lowest BCUT2D eigenvalue weighted by Crippen LogP contribution is -2.29. The van der Waals surface area contributed by atoms with Crippen LogP contribution in [0, 0.1) is 0 Å². The van der Waals surface area contributed by atoms with Crippen molar-refractivity contribution in [1.29, 1.82) is 0 Å². The molecular formula is C17H12ClN5O2. The largest absolute Gasteiger partial charge is 0.360 e. The number of hydrogen-bond acceptors (Lipinski definition) is 4. The molecule has 0 saturated heterocycles. The molecule has 0 saturated carbocycles. The Hall–Kier alpha value is -3.19. The van der Waals surface area contributed by atoms with Gasteiger partial charge in [0.25, 0.3) is 5.91 Å². The Balaban J connectivity index is 1.61. The zero-order chi connectivity index (χ0) is 17.4. The fourth-order valence-electron chi connectivity index (χ4n) is 2.63. The van der Waals surface area contributed by atoms with Gasteiger partial charge in [-0.2, -0.15) is 0 Å². The van der Waals surface area contributed by atoms with Gasteiger partial charge in [0, 0.05) is 22.8 Å². The normalized spacial score (nSPS) is 11.1. The van der Waals surface area contributed by atoms with Crippen molar-refractivity contribution in [1.82, 2.24) is 24.9 Å². The first-order chi connectivity index (χ1) is 12.1. The van der Waals surface area contributed by atoms with Gasteiger partial charge in [-0.15, -0.1) is 10.2 Å². The molecule has 2 N–H and O–H groups in total. The van der Waals surface area contributed by atoms with E-state index in [1.54, 1.807) is 22.6 Å². The van der Waals surface area contributed by atoms with E-state index in [1.165, 1.54) is 6.20 Å². The molecule has 8 heteroatoms. The molecule has 0 radical (unpaired) electrons. The Morgan fingerprint density at radius 2 is 2.12 bits per heavy atom. The number of carbonyl (C=O) groups excluding carboxylic acids is 1. The maximum Gasteiger partial charge on any atom is 0.257 e. The number of carbonyl (C=O) groups is 1. The SMILES string of the molecule is O=C(NCc1nnc2ccccn12)c1c[nH]c2cc(Cl)ccc2c1=O. The van der Waals surface area contributed by atoms with Crippen molar-refractivity contribution >= 4 is 34.1 Å². The number of pyridine rings is 2. The molecule has 4 rings (SSSR count). The topological polar surface area (TPSA) is 92.2 Å². The number of nitrogens with one attached hydrogen (secondary N) is 2. The number of aromatic nitrogens is 4. The van der Waals surface area contributed by atoms with Crippen LogP contribution < -0.4 is 10.7 Å². The van der Waals surface area contributed by atoms with E-state index >= 15 is 0 Å². The lowest BCUT2D eigenvalue weighted by molar-refractivity contribution is 0.0948. The van der Waals surface area contributed by atoms with E-state index in [2.05, 4.69) is 20.5 Å². The van der Waals surface area contributed by atoms with Crippen LogP contribution in [0.4, 0.5) is 0 Å². The number of benzene rings is 1. The van der Waals surface area contributed by atoms with Gasteiger partial charge in [-0.3, -0.25) is 14.0 Å². The average molecular weight is 354 g/mol. The van der Waals surface area contributed by atoms with Crippen LogP contribution in [0.1, 0.15) is 16.2 Å². The third-order valence-corrected chi connectivity index (χ3v) is 4.11. The van der Waals surface area contributed by atoms with Crippen molar-refractivity contribution in [2.24, 2.45) is 0 Å². The molecule has 0 aliphatic heterocycles. The maximum absolute atomic E-state index is 12.5. The van der Waals surface area contributed by atoms with E-state index in [0.717, 1.165) is 0 Å². The molecule has 0 unspecified atom stereocenters. The monoisotopic (exact) mass is 353 g/mol. The van der Waals surface area contributed by atoms with Gasteiger partial charge >= 0.3 is 0 Å². The van der Waals surface area contributed by atoms with E-state index < -0.39 is 5.91 Å². The summed E-state index contributed by atoms with van der Waals surface area (Å²) in [6.07, 6.45) is 3.20. The van der Waals surface area contributed by atoms with Crippen LogP contribution in [0.2, 0.25) is 5.02 Å². The number of hydrogen-bond donors (Lipinski definition) is 2. The van der Waals surface area contributed by atoms with Crippen molar-refractivity contribution in [3.05, 3.63) is 75.4 Å². The summed E-state index contributed by atoms with van der Waals surface area (Å²) in [6, 6.07) is 10.4. The van der Waals surface area contributed by atoms with Crippen molar-refractivity contribution < 1.29 is 4.79 Å². The Labute approximate surface area is 146 Å². The molecule has 3 aromatic heterocycles. The Morgan fingerprint density at radius 1 is 1.24 bits per heavy atom. The number of aromatic amines is 1. The van der Waals surface area contributed by atoms with Crippen LogP contribution in [0.15, 0.2) is 53.6 Å². The molecule has 0 aliphatic rings. The minimum Gasteiger partial charge on any atom is -0.360 e. The van der Waals surface area contributed by atoms with Crippen LogP contribution in [-0.2, 0) is 6.54 Å². The number of amides is 1. The van der Waals surface area contributed by atoms with Crippen LogP contribution in [-0.4, -0.2) is 25.5 Å². The van der Waals surface area contributed by atoms with Crippen LogP contribution >= 0.6 is 11.6 Å². The molecule has 0 bridgehead atoms. The lowest BCUT2D eigenvalue weighted by Gasteiger charge is -2.05. The third kappa shape index (κ3) is 2.74. The molecular weight excluding hydrogens is 342 g/mol. The molecule has 4 aromatic rings. The highest BCUT2D eigenvalue weighted by Crippen LogP contribution is 2.15. The Morgan fingerprint density at radius 3 is 3.00 bits per heavy atom. The maximum atomic E-state index is 12.5. The fourth-order valence-corrected chi connectivity index (χ4v) is 2.80. The van der Waals surface area contributed by atoms with E-state index in [0.29, 0.717) is 27.4 Å². The minimum atomic E-state index is -0.481. The number of fused-ring (bicyclic) bond motifs is 2. The summed E-state index contributed by atoms with van der Waals surface area (Å²) in [5.74, 6) is 0.0960. The van der Waals surface area contributed by atoms with Gasteiger partial charge in [-0.1, -0.05) is 17.7 Å². The van der Waals surface area contributed by atoms with Crippen LogP contribution in [0.5, 0.6) is 0 Å². The van der Waals surface area contributed by atoms with Gasteiger partial charge < -0.3 is 10.3 Å². The predicted octanol–water partition coefficient (Wildman–Crippen LogP) is 2.15. The molecule has 0 aliphatic carbocycles. The summed E-state index contributed by atoms with van der Waals surface area (Å²) < 4.78 is 1.77. The van der Waals surface area contributed by atoms with E-state index in [-0.39, 0.29) is 17.5 Å². The summed E-state index contributed by atoms with van der Waals surface area (Å²) in [4.78, 5) is 27.8. The van der Waals surface area contributed by atoms with Gasteiger partial charge in [0.1, 0.15) is 5.56 Å². The predicted molar refractivity (Wildman–Crippen MR) is 93.7 cm³/mol. The second kappa shape index (κ2) is 6.03. The highest BCUT2D eigenvalue weighted by Gasteiger charge is 2.14. The lowest BCUT2D eigenvalue weighted by atomic mass is 10.1. The van der Waals surface area contributed by atoms with Gasteiger partial charge in [0.15, 0.2) is 11.5 Å². The fraction of sp³-hybridized carbons (Fsp3) is 0.0588.